The van der Waals surface area contributed by atoms with Gasteiger partial charge in [-0.05, 0) is 36.4 Å². The summed E-state index contributed by atoms with van der Waals surface area (Å²) < 4.78 is 10.5. The van der Waals surface area contributed by atoms with Crippen LogP contribution in [-0.4, -0.2) is 44.7 Å². The van der Waals surface area contributed by atoms with Crippen LogP contribution in [0.2, 0.25) is 0 Å². The van der Waals surface area contributed by atoms with Gasteiger partial charge >= 0.3 is 0 Å². The second-order valence-corrected chi connectivity index (χ2v) is 6.21. The summed E-state index contributed by atoms with van der Waals surface area (Å²) in [6, 6.07) is 14.0. The molecule has 7 nitrogen and oxygen atoms in total. The molecule has 0 radical (unpaired) electrons. The first-order chi connectivity index (χ1) is 13.2. The number of nitrogens with one attached hydrogen (secondary N) is 3. The van der Waals surface area contributed by atoms with Gasteiger partial charge in [-0.25, -0.2) is 0 Å². The molecule has 1 aliphatic rings. The number of morpholine rings is 1. The molecule has 27 heavy (non-hydrogen) atoms. The monoisotopic (exact) mass is 369 g/mol. The Morgan fingerprint density at radius 3 is 2.63 bits per heavy atom. The molecule has 142 valence electrons. The molecular weight excluding hydrogens is 346 g/mol. The highest BCUT2D eigenvalue weighted by molar-refractivity contribution is 6.10. The number of ether oxygens (including phenoxy) is 2. The molecule has 1 aliphatic heterocycles. The van der Waals surface area contributed by atoms with Crippen molar-refractivity contribution in [2.75, 3.05) is 37.5 Å². The standard InChI is InChI=1S/C20H23N3O4/c1-26-16-8-6-14(7-9-16)22-20(25)17-4-2-3-5-18(17)23-19(24)12-15-13-27-11-10-21-15/h2-9,15,21H,10-13H2,1H3,(H,22,25)(H,23,24). The lowest BCUT2D eigenvalue weighted by Crippen LogP contribution is -2.43. The van der Waals surface area contributed by atoms with Gasteiger partial charge in [-0.3, -0.25) is 9.59 Å². The van der Waals surface area contributed by atoms with Gasteiger partial charge in [-0.1, -0.05) is 12.1 Å². The Morgan fingerprint density at radius 1 is 1.15 bits per heavy atom. The zero-order valence-corrected chi connectivity index (χ0v) is 15.2. The number of carbonyl (C=O) groups is 2. The van der Waals surface area contributed by atoms with E-state index in [2.05, 4.69) is 16.0 Å². The van der Waals surface area contributed by atoms with Crippen LogP contribution in [0.25, 0.3) is 0 Å². The molecule has 2 aromatic rings. The van der Waals surface area contributed by atoms with E-state index < -0.39 is 0 Å². The number of anilines is 2. The van der Waals surface area contributed by atoms with Gasteiger partial charge in [0.15, 0.2) is 0 Å². The first-order valence-corrected chi connectivity index (χ1v) is 8.81. The van der Waals surface area contributed by atoms with Crippen molar-refractivity contribution in [2.45, 2.75) is 12.5 Å². The minimum Gasteiger partial charge on any atom is -0.497 e. The van der Waals surface area contributed by atoms with Crippen molar-refractivity contribution in [3.63, 3.8) is 0 Å². The third-order valence-electron chi connectivity index (χ3n) is 4.22. The zero-order valence-electron chi connectivity index (χ0n) is 15.2. The molecule has 0 spiro atoms. The second kappa shape index (κ2) is 9.16. The van der Waals surface area contributed by atoms with Crippen molar-refractivity contribution in [1.82, 2.24) is 5.32 Å². The predicted molar refractivity (Wildman–Crippen MR) is 103 cm³/mol. The smallest absolute Gasteiger partial charge is 0.257 e. The Balaban J connectivity index is 1.65. The van der Waals surface area contributed by atoms with Gasteiger partial charge in [0.1, 0.15) is 5.75 Å². The van der Waals surface area contributed by atoms with Gasteiger partial charge in [-0.15, -0.1) is 0 Å². The molecule has 7 heteroatoms. The Kier molecular flexibility index (Phi) is 6.40. The van der Waals surface area contributed by atoms with Gasteiger partial charge in [0.2, 0.25) is 5.91 Å². The summed E-state index contributed by atoms with van der Waals surface area (Å²) in [5.41, 5.74) is 1.52. The summed E-state index contributed by atoms with van der Waals surface area (Å²) >= 11 is 0. The molecule has 0 saturated carbocycles. The van der Waals surface area contributed by atoms with Crippen molar-refractivity contribution in [3.05, 3.63) is 54.1 Å². The third kappa shape index (κ3) is 5.29. The maximum atomic E-state index is 12.6. The van der Waals surface area contributed by atoms with Gasteiger partial charge in [-0.2, -0.15) is 0 Å². The first kappa shape index (κ1) is 18.9. The van der Waals surface area contributed by atoms with Crippen molar-refractivity contribution in [2.24, 2.45) is 0 Å². The van der Waals surface area contributed by atoms with E-state index >= 15 is 0 Å². The molecule has 3 rings (SSSR count). The highest BCUT2D eigenvalue weighted by Crippen LogP contribution is 2.20. The van der Waals surface area contributed by atoms with E-state index in [4.69, 9.17) is 9.47 Å². The number of para-hydroxylation sites is 1. The second-order valence-electron chi connectivity index (χ2n) is 6.21. The first-order valence-electron chi connectivity index (χ1n) is 8.81. The van der Waals surface area contributed by atoms with Crippen LogP contribution in [-0.2, 0) is 9.53 Å². The molecule has 2 aromatic carbocycles. The number of rotatable bonds is 6. The molecular formula is C20H23N3O4. The number of amides is 2. The van der Waals surface area contributed by atoms with Crippen molar-refractivity contribution in [3.8, 4) is 5.75 Å². The Bertz CT molecular complexity index is 786. The van der Waals surface area contributed by atoms with Crippen molar-refractivity contribution < 1.29 is 19.1 Å². The highest BCUT2D eigenvalue weighted by Gasteiger charge is 2.19. The van der Waals surface area contributed by atoms with Gasteiger partial charge < -0.3 is 25.4 Å². The largest absolute Gasteiger partial charge is 0.497 e. The van der Waals surface area contributed by atoms with Crippen LogP contribution in [0.3, 0.4) is 0 Å². The van der Waals surface area contributed by atoms with Crippen LogP contribution >= 0.6 is 0 Å². The number of methoxy groups -OCH3 is 1. The van der Waals surface area contributed by atoms with Gasteiger partial charge in [0, 0.05) is 24.7 Å². The lowest BCUT2D eigenvalue weighted by molar-refractivity contribution is -0.117. The fourth-order valence-electron chi connectivity index (χ4n) is 2.84. The average molecular weight is 369 g/mol. The number of hydrogen-bond donors (Lipinski definition) is 3. The average Bonchev–Trinajstić information content (AvgIpc) is 2.69. The van der Waals surface area contributed by atoms with Crippen LogP contribution < -0.4 is 20.7 Å². The SMILES string of the molecule is COc1ccc(NC(=O)c2ccccc2NC(=O)CC2COCCN2)cc1. The van der Waals surface area contributed by atoms with E-state index in [1.54, 1.807) is 55.6 Å². The van der Waals surface area contributed by atoms with Crippen LogP contribution in [0.15, 0.2) is 48.5 Å². The third-order valence-corrected chi connectivity index (χ3v) is 4.22. The minimum absolute atomic E-state index is 0.0148. The molecule has 1 fully saturated rings. The molecule has 0 aromatic heterocycles. The van der Waals surface area contributed by atoms with E-state index in [1.165, 1.54) is 0 Å². The molecule has 1 unspecified atom stereocenters. The number of carbonyl (C=O) groups excluding carboxylic acids is 2. The topological polar surface area (TPSA) is 88.7 Å². The summed E-state index contributed by atoms with van der Waals surface area (Å²) in [6.07, 6.45) is 0.286. The Hall–Kier alpha value is -2.90. The van der Waals surface area contributed by atoms with E-state index in [9.17, 15) is 9.59 Å². The Labute approximate surface area is 158 Å². The van der Waals surface area contributed by atoms with E-state index in [-0.39, 0.29) is 24.3 Å². The maximum Gasteiger partial charge on any atom is 0.257 e. The summed E-state index contributed by atoms with van der Waals surface area (Å²) in [4.78, 5) is 25.0. The minimum atomic E-state index is -0.296. The molecule has 1 atom stereocenters. The van der Waals surface area contributed by atoms with E-state index in [0.717, 1.165) is 6.54 Å². The number of hydrogen-bond acceptors (Lipinski definition) is 5. The lowest BCUT2D eigenvalue weighted by atomic mass is 10.1. The summed E-state index contributed by atoms with van der Waals surface area (Å²) in [7, 11) is 1.58. The van der Waals surface area contributed by atoms with Crippen LogP contribution in [0, 0.1) is 0 Å². The normalized spacial score (nSPS) is 16.4. The fraction of sp³-hybridized carbons (Fsp3) is 0.300. The lowest BCUT2D eigenvalue weighted by Gasteiger charge is -2.23. The summed E-state index contributed by atoms with van der Waals surface area (Å²) in [6.45, 7) is 1.90. The zero-order chi connectivity index (χ0) is 19.1. The predicted octanol–water partition coefficient (Wildman–Crippen LogP) is 2.26. The van der Waals surface area contributed by atoms with Crippen molar-refractivity contribution >= 4 is 23.2 Å². The highest BCUT2D eigenvalue weighted by atomic mass is 16.5. The molecule has 0 aliphatic carbocycles. The molecule has 3 N–H and O–H groups in total. The van der Waals surface area contributed by atoms with Crippen LogP contribution in [0.4, 0.5) is 11.4 Å². The van der Waals surface area contributed by atoms with Gasteiger partial charge in [0.25, 0.3) is 5.91 Å². The number of benzene rings is 2. The maximum absolute atomic E-state index is 12.6. The fourth-order valence-corrected chi connectivity index (χ4v) is 2.84. The molecule has 2 amide bonds. The summed E-state index contributed by atoms with van der Waals surface area (Å²) in [5.74, 6) is 0.249. The molecule has 1 heterocycles. The molecule has 1 saturated heterocycles. The van der Waals surface area contributed by atoms with Crippen molar-refractivity contribution in [1.29, 1.82) is 0 Å². The van der Waals surface area contributed by atoms with Crippen LogP contribution in [0.5, 0.6) is 5.75 Å². The molecule has 0 bridgehead atoms. The van der Waals surface area contributed by atoms with E-state index in [1.807, 2.05) is 0 Å². The van der Waals surface area contributed by atoms with Crippen LogP contribution in [0.1, 0.15) is 16.8 Å². The summed E-state index contributed by atoms with van der Waals surface area (Å²) in [5, 5.41) is 8.89. The quantitative estimate of drug-likeness (QED) is 0.727. The van der Waals surface area contributed by atoms with E-state index in [0.29, 0.717) is 35.9 Å². The van der Waals surface area contributed by atoms with Gasteiger partial charge in [0.05, 0.1) is 31.6 Å². The Morgan fingerprint density at radius 2 is 1.93 bits per heavy atom.